The molecule has 4 fully saturated rings. The second-order valence-electron chi connectivity index (χ2n) is 16.0. The first-order valence-electron chi connectivity index (χ1n) is 16.5. The number of carbonyl (C=O) groups is 1. The molecule has 0 radical (unpaired) electrons. The Bertz CT molecular complexity index is 1150. The van der Waals surface area contributed by atoms with E-state index >= 15 is 0 Å². The summed E-state index contributed by atoms with van der Waals surface area (Å²) in [4.78, 5) is 13.7. The smallest absolute Gasteiger partial charge is 0.187 e. The van der Waals surface area contributed by atoms with Gasteiger partial charge in [0.05, 0.1) is 41.7 Å². The van der Waals surface area contributed by atoms with Crippen LogP contribution in [0.4, 0.5) is 0 Å². The molecular formula is C33H54O12. The lowest BCUT2D eigenvalue weighted by molar-refractivity contribution is -0.323. The van der Waals surface area contributed by atoms with E-state index in [-0.39, 0.29) is 37.4 Å². The van der Waals surface area contributed by atoms with E-state index in [1.165, 1.54) is 0 Å². The van der Waals surface area contributed by atoms with Gasteiger partial charge in [0.1, 0.15) is 24.4 Å². The standard InChI is InChI=1S/C33H54O12/c1-29(2,41)9-8-24(37)32(5,42)23-7-11-33(43)17-12-19(35)18-13-20(36)21(14-30(18,3)16(17)6-10-31(23,33)4)44-28-27(40)26(39)25(38)22(15-34)45-28/h12,16,18,20-28,34,36-43H,6-11,13-15H2,1-5H3. The van der Waals surface area contributed by atoms with Gasteiger partial charge >= 0.3 is 0 Å². The van der Waals surface area contributed by atoms with Gasteiger partial charge in [-0.1, -0.05) is 13.8 Å². The van der Waals surface area contributed by atoms with Crippen LogP contribution in [0.2, 0.25) is 0 Å². The van der Waals surface area contributed by atoms with E-state index < -0.39 is 95.1 Å². The number of allylic oxidation sites excluding steroid dienone is 1. The summed E-state index contributed by atoms with van der Waals surface area (Å²) in [7, 11) is 0. The Morgan fingerprint density at radius 3 is 2.31 bits per heavy atom. The second kappa shape index (κ2) is 11.8. The summed E-state index contributed by atoms with van der Waals surface area (Å²) in [5.74, 6) is -1.49. The summed E-state index contributed by atoms with van der Waals surface area (Å²) >= 11 is 0. The zero-order chi connectivity index (χ0) is 33.5. The van der Waals surface area contributed by atoms with E-state index in [1.54, 1.807) is 26.8 Å². The minimum atomic E-state index is -1.64. The van der Waals surface area contributed by atoms with Crippen molar-refractivity contribution in [2.45, 2.75) is 152 Å². The highest BCUT2D eigenvalue weighted by molar-refractivity contribution is 5.95. The molecular weight excluding hydrogens is 588 g/mol. The molecule has 1 heterocycles. The first-order valence-corrected chi connectivity index (χ1v) is 16.5. The predicted molar refractivity (Wildman–Crippen MR) is 159 cm³/mol. The summed E-state index contributed by atoms with van der Waals surface area (Å²) in [6.07, 6.45) is -6.46. The molecule has 1 aliphatic heterocycles. The van der Waals surface area contributed by atoms with Crippen molar-refractivity contribution in [3.63, 3.8) is 0 Å². The summed E-state index contributed by atoms with van der Waals surface area (Å²) in [5, 5.41) is 97.2. The highest BCUT2D eigenvalue weighted by Crippen LogP contribution is 2.68. The summed E-state index contributed by atoms with van der Waals surface area (Å²) in [6.45, 7) is 8.15. The molecule has 15 atom stereocenters. The van der Waals surface area contributed by atoms with Gasteiger partial charge in [0.25, 0.3) is 0 Å². The summed E-state index contributed by atoms with van der Waals surface area (Å²) in [6, 6.07) is 0. The largest absolute Gasteiger partial charge is 0.394 e. The van der Waals surface area contributed by atoms with Crippen molar-refractivity contribution in [1.29, 1.82) is 0 Å². The van der Waals surface area contributed by atoms with Crippen molar-refractivity contribution in [3.05, 3.63) is 11.6 Å². The highest BCUT2D eigenvalue weighted by atomic mass is 16.7. The number of aliphatic hydroxyl groups is 9. The van der Waals surface area contributed by atoms with Crippen molar-refractivity contribution in [2.24, 2.45) is 28.6 Å². The minimum Gasteiger partial charge on any atom is -0.394 e. The number of hydrogen-bond acceptors (Lipinski definition) is 12. The van der Waals surface area contributed by atoms with Gasteiger partial charge in [-0.2, -0.15) is 0 Å². The maximum atomic E-state index is 13.7. The summed E-state index contributed by atoms with van der Waals surface area (Å²) < 4.78 is 11.6. The molecule has 12 nitrogen and oxygen atoms in total. The molecule has 258 valence electrons. The Balaban J connectivity index is 1.40. The van der Waals surface area contributed by atoms with Crippen LogP contribution in [0, 0.1) is 28.6 Å². The normalized spacial score (nSPS) is 48.9. The molecule has 4 aliphatic carbocycles. The van der Waals surface area contributed by atoms with Crippen LogP contribution >= 0.6 is 0 Å². The fraction of sp³-hybridized carbons (Fsp3) is 0.909. The van der Waals surface area contributed by atoms with Gasteiger partial charge < -0.3 is 55.4 Å². The molecule has 5 rings (SSSR count). The van der Waals surface area contributed by atoms with Crippen molar-refractivity contribution < 1.29 is 60.2 Å². The minimum absolute atomic E-state index is 0.0815. The molecule has 12 heteroatoms. The first-order chi connectivity index (χ1) is 20.7. The molecule has 0 spiro atoms. The fourth-order valence-electron chi connectivity index (χ4n) is 9.79. The lowest BCUT2D eigenvalue weighted by atomic mass is 9.45. The number of carbonyl (C=O) groups excluding carboxylic acids is 1. The molecule has 9 N–H and O–H groups in total. The topological polar surface area (TPSA) is 218 Å². The van der Waals surface area contributed by atoms with E-state index in [9.17, 15) is 50.8 Å². The van der Waals surface area contributed by atoms with Gasteiger partial charge in [-0.25, -0.2) is 0 Å². The van der Waals surface area contributed by atoms with Crippen LogP contribution < -0.4 is 0 Å². The molecule has 0 bridgehead atoms. The monoisotopic (exact) mass is 642 g/mol. The Hall–Kier alpha value is -1.03. The third-order valence-electron chi connectivity index (χ3n) is 12.7. The van der Waals surface area contributed by atoms with E-state index in [2.05, 4.69) is 0 Å². The highest BCUT2D eigenvalue weighted by Gasteiger charge is 2.69. The Morgan fingerprint density at radius 1 is 1.02 bits per heavy atom. The maximum Gasteiger partial charge on any atom is 0.187 e. The van der Waals surface area contributed by atoms with Crippen LogP contribution in [0.15, 0.2) is 11.6 Å². The average Bonchev–Trinajstić information content (AvgIpc) is 3.24. The van der Waals surface area contributed by atoms with Crippen LogP contribution in [0.3, 0.4) is 0 Å². The first kappa shape index (κ1) is 35.3. The van der Waals surface area contributed by atoms with Gasteiger partial charge in [0, 0.05) is 11.3 Å². The lowest BCUT2D eigenvalue weighted by Crippen LogP contribution is -2.64. The van der Waals surface area contributed by atoms with Crippen molar-refractivity contribution in [3.8, 4) is 0 Å². The number of rotatable bonds is 8. The van der Waals surface area contributed by atoms with Crippen LogP contribution in [0.5, 0.6) is 0 Å². The third kappa shape index (κ3) is 5.65. The molecule has 45 heavy (non-hydrogen) atoms. The van der Waals surface area contributed by atoms with Gasteiger partial charge in [0.15, 0.2) is 12.1 Å². The summed E-state index contributed by atoms with van der Waals surface area (Å²) in [5.41, 5.74) is -4.98. The van der Waals surface area contributed by atoms with Crippen molar-refractivity contribution in [2.75, 3.05) is 6.61 Å². The van der Waals surface area contributed by atoms with Crippen molar-refractivity contribution >= 4 is 5.78 Å². The molecule has 3 saturated carbocycles. The van der Waals surface area contributed by atoms with Gasteiger partial charge in [-0.05, 0) is 101 Å². The SMILES string of the molecule is CC(C)(O)CCC(O)C(C)(O)C1CCC2(O)C3=CC(=O)C4CC(O)C(OC5OC(CO)C(O)C(O)C5O)CC4(C)C3CCC12C. The number of ether oxygens (including phenoxy) is 2. The number of aliphatic hydroxyl groups excluding tert-OH is 6. The van der Waals surface area contributed by atoms with Gasteiger partial charge in [-0.3, -0.25) is 4.79 Å². The second-order valence-corrected chi connectivity index (χ2v) is 16.0. The Labute approximate surface area is 264 Å². The maximum absolute atomic E-state index is 13.7. The fourth-order valence-corrected chi connectivity index (χ4v) is 9.79. The van der Waals surface area contributed by atoms with E-state index in [1.807, 2.05) is 13.8 Å². The van der Waals surface area contributed by atoms with Crippen LogP contribution in [-0.2, 0) is 14.3 Å². The third-order valence-corrected chi connectivity index (χ3v) is 12.7. The molecule has 15 unspecified atom stereocenters. The van der Waals surface area contributed by atoms with Gasteiger partial charge in [0.2, 0.25) is 0 Å². The average molecular weight is 643 g/mol. The van der Waals surface area contributed by atoms with Crippen LogP contribution in [0.1, 0.15) is 86.0 Å². The lowest BCUT2D eigenvalue weighted by Gasteiger charge is -2.61. The molecule has 1 saturated heterocycles. The number of fused-ring (bicyclic) bond motifs is 5. The Kier molecular flexibility index (Phi) is 9.28. The van der Waals surface area contributed by atoms with Crippen molar-refractivity contribution in [1.82, 2.24) is 0 Å². The van der Waals surface area contributed by atoms with Gasteiger partial charge in [-0.15, -0.1) is 0 Å². The quantitative estimate of drug-likeness (QED) is 0.166. The molecule has 5 aliphatic rings. The van der Waals surface area contributed by atoms with E-state index in [0.717, 1.165) is 0 Å². The number of ketones is 1. The zero-order valence-corrected chi connectivity index (χ0v) is 27.0. The van der Waals surface area contributed by atoms with E-state index in [0.29, 0.717) is 31.3 Å². The molecule has 0 aromatic heterocycles. The Morgan fingerprint density at radius 2 is 1.69 bits per heavy atom. The molecule has 0 amide bonds. The number of hydrogen-bond donors (Lipinski definition) is 9. The zero-order valence-electron chi connectivity index (χ0n) is 27.0. The molecule has 0 aromatic rings. The predicted octanol–water partition coefficient (Wildman–Crippen LogP) is -0.322. The van der Waals surface area contributed by atoms with Crippen LogP contribution in [0.25, 0.3) is 0 Å². The molecule has 0 aromatic carbocycles. The van der Waals surface area contributed by atoms with E-state index in [4.69, 9.17) is 9.47 Å². The van der Waals surface area contributed by atoms with Crippen LogP contribution in [-0.4, -0.2) is 124 Å².